The van der Waals surface area contributed by atoms with Crippen molar-refractivity contribution < 1.29 is 9.84 Å². The van der Waals surface area contributed by atoms with Crippen molar-refractivity contribution in [2.75, 3.05) is 6.61 Å². The fourth-order valence-corrected chi connectivity index (χ4v) is 3.11. The van der Waals surface area contributed by atoms with E-state index in [0.717, 1.165) is 33.5 Å². The molecule has 2 aromatic carbocycles. The number of aromatic nitrogens is 2. The molecular formula is C21H24N2O3. The van der Waals surface area contributed by atoms with Gasteiger partial charge in [0.1, 0.15) is 18.5 Å². The van der Waals surface area contributed by atoms with Crippen LogP contribution in [0.4, 0.5) is 0 Å². The standard InChI is InChI=1S/C21H24N2O3/c1-13-9-10-14(2)20(15(13)3)26-12-17(24)11-23-21(25)19-8-6-5-7-18(19)16(4)22-23/h5-10,17,24H,11-12H2,1-4H3. The average Bonchev–Trinajstić information content (AvgIpc) is 2.63. The Morgan fingerprint density at radius 3 is 2.42 bits per heavy atom. The van der Waals surface area contributed by atoms with Crippen LogP contribution in [0.25, 0.3) is 10.8 Å². The summed E-state index contributed by atoms with van der Waals surface area (Å²) in [5.74, 6) is 0.791. The molecule has 0 spiro atoms. The first-order valence-electron chi connectivity index (χ1n) is 8.72. The third kappa shape index (κ3) is 3.48. The van der Waals surface area contributed by atoms with Gasteiger partial charge in [0.05, 0.1) is 17.6 Å². The van der Waals surface area contributed by atoms with Crippen LogP contribution in [-0.2, 0) is 6.54 Å². The molecule has 0 bridgehead atoms. The highest BCUT2D eigenvalue weighted by atomic mass is 16.5. The third-order valence-corrected chi connectivity index (χ3v) is 4.73. The summed E-state index contributed by atoms with van der Waals surface area (Å²) in [6.07, 6.45) is -0.833. The first kappa shape index (κ1) is 18.1. The Bertz CT molecular complexity index is 1010. The summed E-state index contributed by atoms with van der Waals surface area (Å²) >= 11 is 0. The Kier molecular flexibility index (Phi) is 5.09. The maximum atomic E-state index is 12.6. The summed E-state index contributed by atoms with van der Waals surface area (Å²) in [5.41, 5.74) is 3.79. The molecule has 1 aromatic heterocycles. The highest BCUT2D eigenvalue weighted by Crippen LogP contribution is 2.25. The minimum absolute atomic E-state index is 0.0917. The second kappa shape index (κ2) is 7.30. The Morgan fingerprint density at radius 1 is 1.04 bits per heavy atom. The minimum atomic E-state index is -0.833. The van der Waals surface area contributed by atoms with Crippen molar-refractivity contribution in [1.82, 2.24) is 9.78 Å². The molecule has 26 heavy (non-hydrogen) atoms. The van der Waals surface area contributed by atoms with Crippen molar-refractivity contribution in [3.05, 3.63) is 69.1 Å². The van der Waals surface area contributed by atoms with E-state index >= 15 is 0 Å². The Morgan fingerprint density at radius 2 is 1.69 bits per heavy atom. The van der Waals surface area contributed by atoms with E-state index in [1.54, 1.807) is 6.07 Å². The quantitative estimate of drug-likeness (QED) is 0.766. The first-order chi connectivity index (χ1) is 12.4. The summed E-state index contributed by atoms with van der Waals surface area (Å²) < 4.78 is 7.17. The number of fused-ring (bicyclic) bond motifs is 1. The summed E-state index contributed by atoms with van der Waals surface area (Å²) in [5, 5.41) is 16.2. The molecule has 0 aliphatic rings. The zero-order chi connectivity index (χ0) is 18.8. The van der Waals surface area contributed by atoms with Crippen molar-refractivity contribution in [2.24, 2.45) is 0 Å². The van der Waals surface area contributed by atoms with Gasteiger partial charge in [-0.15, -0.1) is 0 Å². The van der Waals surface area contributed by atoms with Crippen LogP contribution in [0.1, 0.15) is 22.4 Å². The fourth-order valence-electron chi connectivity index (χ4n) is 3.11. The average molecular weight is 352 g/mol. The normalized spacial score (nSPS) is 12.3. The van der Waals surface area contributed by atoms with Gasteiger partial charge in [0.15, 0.2) is 0 Å². The molecule has 0 aliphatic heterocycles. The lowest BCUT2D eigenvalue weighted by atomic mass is 10.1. The van der Waals surface area contributed by atoms with Crippen molar-refractivity contribution in [2.45, 2.75) is 40.3 Å². The molecule has 0 saturated heterocycles. The monoisotopic (exact) mass is 352 g/mol. The van der Waals surface area contributed by atoms with Gasteiger partial charge in [-0.3, -0.25) is 4.79 Å². The van der Waals surface area contributed by atoms with Crippen LogP contribution in [0.5, 0.6) is 5.75 Å². The Balaban J connectivity index is 1.78. The molecule has 0 fully saturated rings. The largest absolute Gasteiger partial charge is 0.490 e. The van der Waals surface area contributed by atoms with E-state index in [-0.39, 0.29) is 18.7 Å². The van der Waals surface area contributed by atoms with Gasteiger partial charge in [-0.25, -0.2) is 4.68 Å². The molecule has 1 unspecified atom stereocenters. The van der Waals surface area contributed by atoms with Gasteiger partial charge < -0.3 is 9.84 Å². The van der Waals surface area contributed by atoms with Crippen LogP contribution in [0, 0.1) is 27.7 Å². The lowest BCUT2D eigenvalue weighted by Gasteiger charge is -2.17. The maximum absolute atomic E-state index is 12.6. The van der Waals surface area contributed by atoms with E-state index in [1.165, 1.54) is 4.68 Å². The number of rotatable bonds is 5. The molecule has 1 N–H and O–H groups in total. The Hall–Kier alpha value is -2.66. The number of aliphatic hydroxyl groups excluding tert-OH is 1. The number of aryl methyl sites for hydroxylation is 3. The van der Waals surface area contributed by atoms with Crippen LogP contribution in [0.15, 0.2) is 41.2 Å². The third-order valence-electron chi connectivity index (χ3n) is 4.73. The van der Waals surface area contributed by atoms with E-state index in [2.05, 4.69) is 11.2 Å². The van der Waals surface area contributed by atoms with E-state index < -0.39 is 6.10 Å². The van der Waals surface area contributed by atoms with Gasteiger partial charge in [0.2, 0.25) is 0 Å². The van der Waals surface area contributed by atoms with Gasteiger partial charge in [-0.05, 0) is 50.5 Å². The van der Waals surface area contributed by atoms with Crippen molar-refractivity contribution in [3.8, 4) is 5.75 Å². The van der Waals surface area contributed by atoms with Crippen LogP contribution >= 0.6 is 0 Å². The van der Waals surface area contributed by atoms with E-state index in [0.29, 0.717) is 5.39 Å². The molecular weight excluding hydrogens is 328 g/mol. The second-order valence-electron chi connectivity index (χ2n) is 6.74. The van der Waals surface area contributed by atoms with Gasteiger partial charge >= 0.3 is 0 Å². The lowest BCUT2D eigenvalue weighted by molar-refractivity contribution is 0.0874. The van der Waals surface area contributed by atoms with Gasteiger partial charge in [0, 0.05) is 5.39 Å². The molecule has 0 radical (unpaired) electrons. The molecule has 0 amide bonds. The molecule has 136 valence electrons. The van der Waals surface area contributed by atoms with E-state index in [9.17, 15) is 9.90 Å². The summed E-state index contributed by atoms with van der Waals surface area (Å²) in [7, 11) is 0. The van der Waals surface area contributed by atoms with Crippen LogP contribution in [0.3, 0.4) is 0 Å². The number of ether oxygens (including phenoxy) is 1. The SMILES string of the molecule is Cc1ccc(C)c(OCC(O)Cn2nc(C)c3ccccc3c2=O)c1C. The molecule has 5 heteroatoms. The van der Waals surface area contributed by atoms with E-state index in [4.69, 9.17) is 4.74 Å². The summed E-state index contributed by atoms with van der Waals surface area (Å²) in [6.45, 7) is 8.06. The smallest absolute Gasteiger partial charge is 0.274 e. The molecule has 3 aromatic rings. The van der Waals surface area contributed by atoms with Gasteiger partial charge in [-0.1, -0.05) is 30.3 Å². The molecule has 1 heterocycles. The number of hydrogen-bond donors (Lipinski definition) is 1. The zero-order valence-electron chi connectivity index (χ0n) is 15.6. The minimum Gasteiger partial charge on any atom is -0.490 e. The van der Waals surface area contributed by atoms with Gasteiger partial charge in [0.25, 0.3) is 5.56 Å². The van der Waals surface area contributed by atoms with Crippen LogP contribution in [0.2, 0.25) is 0 Å². The molecule has 0 saturated carbocycles. The van der Waals surface area contributed by atoms with E-state index in [1.807, 2.05) is 52.0 Å². The molecule has 5 nitrogen and oxygen atoms in total. The predicted molar refractivity (Wildman–Crippen MR) is 103 cm³/mol. The first-order valence-corrected chi connectivity index (χ1v) is 8.72. The van der Waals surface area contributed by atoms with Crippen LogP contribution in [-0.4, -0.2) is 27.6 Å². The number of aliphatic hydroxyl groups is 1. The number of nitrogens with zero attached hydrogens (tertiary/aromatic N) is 2. The Labute approximate surface area is 152 Å². The second-order valence-corrected chi connectivity index (χ2v) is 6.74. The molecule has 1 atom stereocenters. The fraction of sp³-hybridized carbons (Fsp3) is 0.333. The number of benzene rings is 2. The summed E-state index contributed by atoms with van der Waals surface area (Å²) in [6, 6.07) is 11.4. The van der Waals surface area contributed by atoms with Gasteiger partial charge in [-0.2, -0.15) is 5.10 Å². The molecule has 0 aliphatic carbocycles. The van der Waals surface area contributed by atoms with Crippen molar-refractivity contribution in [1.29, 1.82) is 0 Å². The highest BCUT2D eigenvalue weighted by molar-refractivity contribution is 5.83. The van der Waals surface area contributed by atoms with Crippen molar-refractivity contribution >= 4 is 10.8 Å². The molecule has 3 rings (SSSR count). The topological polar surface area (TPSA) is 64.3 Å². The summed E-state index contributed by atoms with van der Waals surface area (Å²) in [4.78, 5) is 12.6. The predicted octanol–water partition coefficient (Wildman–Crippen LogP) is 3.07. The highest BCUT2D eigenvalue weighted by Gasteiger charge is 2.14. The number of hydrogen-bond acceptors (Lipinski definition) is 4. The zero-order valence-corrected chi connectivity index (χ0v) is 15.6. The lowest BCUT2D eigenvalue weighted by Crippen LogP contribution is -2.32. The maximum Gasteiger partial charge on any atom is 0.274 e. The van der Waals surface area contributed by atoms with Crippen molar-refractivity contribution in [3.63, 3.8) is 0 Å². The van der Waals surface area contributed by atoms with Crippen LogP contribution < -0.4 is 10.3 Å².